The van der Waals surface area contributed by atoms with Crippen molar-refractivity contribution in [1.29, 1.82) is 5.26 Å². The molecule has 0 unspecified atom stereocenters. The second kappa shape index (κ2) is 11.2. The van der Waals surface area contributed by atoms with Crippen LogP contribution in [0.3, 0.4) is 0 Å². The number of para-hydroxylation sites is 1. The van der Waals surface area contributed by atoms with Gasteiger partial charge in [0, 0.05) is 30.4 Å². The van der Waals surface area contributed by atoms with Crippen molar-refractivity contribution in [3.63, 3.8) is 0 Å². The summed E-state index contributed by atoms with van der Waals surface area (Å²) in [5.74, 6) is 0.319. The van der Waals surface area contributed by atoms with E-state index >= 15 is 0 Å². The summed E-state index contributed by atoms with van der Waals surface area (Å²) in [6.07, 6.45) is 1.46. The molecule has 1 amide bonds. The number of nitriles is 1. The lowest BCUT2D eigenvalue weighted by Crippen LogP contribution is -2.13. The smallest absolute Gasteiger partial charge is 0.266 e. The van der Waals surface area contributed by atoms with Gasteiger partial charge in [0.2, 0.25) is 0 Å². The molecule has 0 fully saturated rings. The lowest BCUT2D eigenvalue weighted by Gasteiger charge is -2.14. The number of benzene rings is 3. The molecule has 0 spiro atoms. The van der Waals surface area contributed by atoms with E-state index in [2.05, 4.69) is 27.9 Å². The molecular formula is C24H17Cl2IN2O3. The number of carbonyl (C=O) groups excluding carboxylic acids is 1. The van der Waals surface area contributed by atoms with Gasteiger partial charge in [-0.25, -0.2) is 0 Å². The summed E-state index contributed by atoms with van der Waals surface area (Å²) in [6.45, 7) is 0.147. The largest absolute Gasteiger partial charge is 0.493 e. The highest BCUT2D eigenvalue weighted by Gasteiger charge is 2.15. The van der Waals surface area contributed by atoms with Gasteiger partial charge in [-0.15, -0.1) is 0 Å². The molecule has 0 saturated heterocycles. The van der Waals surface area contributed by atoms with Gasteiger partial charge in [0.15, 0.2) is 11.5 Å². The van der Waals surface area contributed by atoms with Crippen LogP contribution in [0.15, 0.2) is 66.2 Å². The van der Waals surface area contributed by atoms with Crippen LogP contribution in [0, 0.1) is 14.9 Å². The highest BCUT2D eigenvalue weighted by molar-refractivity contribution is 14.1. The molecule has 0 heterocycles. The molecule has 3 aromatic rings. The Morgan fingerprint density at radius 2 is 1.94 bits per heavy atom. The van der Waals surface area contributed by atoms with Crippen molar-refractivity contribution in [3.05, 3.63) is 91.0 Å². The van der Waals surface area contributed by atoms with Gasteiger partial charge < -0.3 is 14.8 Å². The van der Waals surface area contributed by atoms with Gasteiger partial charge in [0.25, 0.3) is 5.91 Å². The molecule has 8 heteroatoms. The summed E-state index contributed by atoms with van der Waals surface area (Å²) < 4.78 is 12.4. The Balaban J connectivity index is 1.89. The summed E-state index contributed by atoms with van der Waals surface area (Å²) in [5, 5.41) is 13.3. The Labute approximate surface area is 209 Å². The summed E-state index contributed by atoms with van der Waals surface area (Å²) in [5.41, 5.74) is 1.77. The van der Waals surface area contributed by atoms with Crippen molar-refractivity contribution in [2.24, 2.45) is 0 Å². The summed E-state index contributed by atoms with van der Waals surface area (Å²) in [7, 11) is 1.51. The summed E-state index contributed by atoms with van der Waals surface area (Å²) in [6, 6.07) is 19.6. The second-order valence-electron chi connectivity index (χ2n) is 6.54. The predicted octanol–water partition coefficient (Wildman–Crippen LogP) is 6.73. The van der Waals surface area contributed by atoms with E-state index < -0.39 is 5.91 Å². The molecule has 0 aromatic heterocycles. The van der Waals surface area contributed by atoms with Crippen LogP contribution in [-0.4, -0.2) is 13.0 Å². The van der Waals surface area contributed by atoms with Crippen LogP contribution in [0.5, 0.6) is 11.5 Å². The maximum atomic E-state index is 12.7. The van der Waals surface area contributed by atoms with Gasteiger partial charge in [0.05, 0.1) is 7.11 Å². The molecule has 32 heavy (non-hydrogen) atoms. The van der Waals surface area contributed by atoms with E-state index in [0.717, 1.165) is 9.13 Å². The lowest BCUT2D eigenvalue weighted by atomic mass is 10.1. The molecule has 0 aliphatic carbocycles. The molecular weight excluding hydrogens is 562 g/mol. The van der Waals surface area contributed by atoms with Gasteiger partial charge in [-0.1, -0.05) is 47.5 Å². The van der Waals surface area contributed by atoms with E-state index in [1.54, 1.807) is 42.5 Å². The summed E-state index contributed by atoms with van der Waals surface area (Å²) >= 11 is 14.3. The standard InChI is InChI=1S/C24H17Cl2IN2O3/c1-31-22-7-2-4-15(23(22)32-14-16-8-9-18(25)11-21(16)26)10-17(13-28)24(30)29-20-6-3-5-19(27)12-20/h2-12H,14H2,1H3,(H,29,30)/b17-10+. The highest BCUT2D eigenvalue weighted by Crippen LogP contribution is 2.34. The van der Waals surface area contributed by atoms with Gasteiger partial charge >= 0.3 is 0 Å². The summed E-state index contributed by atoms with van der Waals surface area (Å²) in [4.78, 5) is 12.7. The Morgan fingerprint density at radius 3 is 2.62 bits per heavy atom. The Morgan fingerprint density at radius 1 is 1.16 bits per heavy atom. The van der Waals surface area contributed by atoms with Crippen LogP contribution >= 0.6 is 45.8 Å². The van der Waals surface area contributed by atoms with Crippen LogP contribution in [0.1, 0.15) is 11.1 Å². The molecule has 0 aliphatic heterocycles. The number of hydrogen-bond donors (Lipinski definition) is 1. The quantitative estimate of drug-likeness (QED) is 0.192. The first-order chi connectivity index (χ1) is 15.4. The van der Waals surface area contributed by atoms with Crippen molar-refractivity contribution in [2.75, 3.05) is 12.4 Å². The van der Waals surface area contributed by atoms with Gasteiger partial charge in [-0.3, -0.25) is 4.79 Å². The van der Waals surface area contributed by atoms with Crippen molar-refractivity contribution in [1.82, 2.24) is 0 Å². The molecule has 5 nitrogen and oxygen atoms in total. The van der Waals surface area contributed by atoms with E-state index in [4.69, 9.17) is 32.7 Å². The molecule has 3 aromatic carbocycles. The van der Waals surface area contributed by atoms with E-state index in [-0.39, 0.29) is 12.2 Å². The number of nitrogens with one attached hydrogen (secondary N) is 1. The molecule has 162 valence electrons. The van der Waals surface area contributed by atoms with Crippen LogP contribution in [-0.2, 0) is 11.4 Å². The minimum Gasteiger partial charge on any atom is -0.493 e. The first kappa shape index (κ1) is 23.9. The Bertz CT molecular complexity index is 1220. The average Bonchev–Trinajstić information content (AvgIpc) is 2.77. The fraction of sp³-hybridized carbons (Fsp3) is 0.0833. The average molecular weight is 579 g/mol. The number of methoxy groups -OCH3 is 1. The maximum Gasteiger partial charge on any atom is 0.266 e. The van der Waals surface area contributed by atoms with Crippen molar-refractivity contribution < 1.29 is 14.3 Å². The van der Waals surface area contributed by atoms with Crippen molar-refractivity contribution in [2.45, 2.75) is 6.61 Å². The third-order valence-electron chi connectivity index (χ3n) is 4.36. The fourth-order valence-corrected chi connectivity index (χ4v) is 3.83. The number of amides is 1. The molecule has 0 aliphatic rings. The zero-order valence-corrected chi connectivity index (χ0v) is 20.5. The molecule has 0 bridgehead atoms. The molecule has 1 N–H and O–H groups in total. The van der Waals surface area contributed by atoms with Gasteiger partial charge in [-0.05, 0) is 65.1 Å². The van der Waals surface area contributed by atoms with Crippen LogP contribution in [0.4, 0.5) is 5.69 Å². The number of hydrogen-bond acceptors (Lipinski definition) is 4. The molecule has 3 rings (SSSR count). The Hall–Kier alpha value is -2.73. The van der Waals surface area contributed by atoms with Gasteiger partial charge in [0.1, 0.15) is 18.2 Å². The fourth-order valence-electron chi connectivity index (χ4n) is 2.82. The first-order valence-corrected chi connectivity index (χ1v) is 11.2. The second-order valence-corrected chi connectivity index (χ2v) is 8.63. The van der Waals surface area contributed by atoms with Crippen molar-refractivity contribution in [3.8, 4) is 17.6 Å². The molecule has 0 radical (unpaired) electrons. The maximum absolute atomic E-state index is 12.7. The van der Waals surface area contributed by atoms with E-state index in [1.807, 2.05) is 24.3 Å². The van der Waals surface area contributed by atoms with Crippen LogP contribution in [0.25, 0.3) is 6.08 Å². The third-order valence-corrected chi connectivity index (χ3v) is 5.62. The zero-order valence-electron chi connectivity index (χ0n) is 16.9. The molecule has 0 saturated carbocycles. The Kier molecular flexibility index (Phi) is 8.39. The number of nitrogens with zero attached hydrogens (tertiary/aromatic N) is 1. The highest BCUT2D eigenvalue weighted by atomic mass is 127. The monoisotopic (exact) mass is 578 g/mol. The number of anilines is 1. The predicted molar refractivity (Wildman–Crippen MR) is 135 cm³/mol. The minimum absolute atomic E-state index is 0.0773. The number of ether oxygens (including phenoxy) is 2. The van der Waals surface area contributed by atoms with E-state index in [1.165, 1.54) is 13.2 Å². The minimum atomic E-state index is -0.524. The molecule has 0 atom stereocenters. The number of rotatable bonds is 7. The first-order valence-electron chi connectivity index (χ1n) is 9.33. The SMILES string of the molecule is COc1cccc(/C=C(\C#N)C(=O)Nc2cccc(I)c2)c1OCc1ccc(Cl)cc1Cl. The van der Waals surface area contributed by atoms with E-state index in [9.17, 15) is 10.1 Å². The topological polar surface area (TPSA) is 71.3 Å². The number of carbonyl (C=O) groups is 1. The van der Waals surface area contributed by atoms with E-state index in [0.29, 0.717) is 32.8 Å². The van der Waals surface area contributed by atoms with Gasteiger partial charge in [-0.2, -0.15) is 5.26 Å². The van der Waals surface area contributed by atoms with Crippen LogP contribution in [0.2, 0.25) is 10.0 Å². The normalized spacial score (nSPS) is 10.9. The number of halogens is 3. The van der Waals surface area contributed by atoms with Crippen LogP contribution < -0.4 is 14.8 Å². The third kappa shape index (κ3) is 6.16. The van der Waals surface area contributed by atoms with Crippen molar-refractivity contribution >= 4 is 63.5 Å². The lowest BCUT2D eigenvalue weighted by molar-refractivity contribution is -0.112. The zero-order chi connectivity index (χ0) is 23.1.